The predicted molar refractivity (Wildman–Crippen MR) is 67.7 cm³/mol. The van der Waals surface area contributed by atoms with Gasteiger partial charge in [-0.2, -0.15) is 0 Å². The van der Waals surface area contributed by atoms with Gasteiger partial charge in [0.05, 0.1) is 0 Å². The van der Waals surface area contributed by atoms with E-state index in [1.165, 1.54) is 43.2 Å². The van der Waals surface area contributed by atoms with Gasteiger partial charge in [0.2, 0.25) is 0 Å². The molecular weight excluding hydrogens is 196 g/mol. The Bertz CT molecular complexity index is 313. The van der Waals surface area contributed by atoms with E-state index in [-0.39, 0.29) is 0 Å². The first-order chi connectivity index (χ1) is 7.90. The van der Waals surface area contributed by atoms with Gasteiger partial charge < -0.3 is 5.11 Å². The lowest BCUT2D eigenvalue weighted by Gasteiger charge is -2.22. The average Bonchev–Trinajstić information content (AvgIpc) is 2.38. The molecule has 1 saturated carbocycles. The summed E-state index contributed by atoms with van der Waals surface area (Å²) in [6.45, 7) is 0.299. The minimum Gasteiger partial charge on any atom is -0.396 e. The van der Waals surface area contributed by atoms with Gasteiger partial charge in [-0.1, -0.05) is 43.5 Å². The molecule has 1 heteroatoms. The van der Waals surface area contributed by atoms with E-state index < -0.39 is 0 Å². The van der Waals surface area contributed by atoms with Gasteiger partial charge in [-0.15, -0.1) is 0 Å². The molecule has 0 atom stereocenters. The monoisotopic (exact) mass is 218 g/mol. The van der Waals surface area contributed by atoms with Crippen LogP contribution in [0.3, 0.4) is 0 Å². The molecule has 1 fully saturated rings. The molecule has 0 aromatic heterocycles. The van der Waals surface area contributed by atoms with Crippen LogP contribution in [0.15, 0.2) is 24.3 Å². The number of aliphatic hydroxyl groups excluding tert-OH is 1. The molecule has 88 valence electrons. The summed E-state index contributed by atoms with van der Waals surface area (Å²) < 4.78 is 0. The first-order valence-corrected chi connectivity index (χ1v) is 6.60. The van der Waals surface area contributed by atoms with E-state index in [1.54, 1.807) is 0 Å². The maximum Gasteiger partial charge on any atom is 0.0434 e. The Morgan fingerprint density at radius 1 is 1.12 bits per heavy atom. The molecule has 1 N–H and O–H groups in total. The molecule has 0 amide bonds. The first-order valence-electron chi connectivity index (χ1n) is 6.60. The largest absolute Gasteiger partial charge is 0.396 e. The molecule has 0 aliphatic heterocycles. The fourth-order valence-electron chi connectivity index (χ4n) is 2.72. The van der Waals surface area contributed by atoms with E-state index in [0.717, 1.165) is 18.8 Å². The van der Waals surface area contributed by atoms with Crippen LogP contribution in [0.1, 0.15) is 55.6 Å². The molecule has 1 aliphatic rings. The third-order valence-corrected chi connectivity index (χ3v) is 3.65. The fraction of sp³-hybridized carbons (Fsp3) is 0.600. The highest BCUT2D eigenvalue weighted by molar-refractivity contribution is 5.26. The summed E-state index contributed by atoms with van der Waals surface area (Å²) >= 11 is 0. The molecule has 16 heavy (non-hydrogen) atoms. The molecular formula is C15H22O. The number of rotatable bonds is 4. The second kappa shape index (κ2) is 6.05. The number of hydrogen-bond acceptors (Lipinski definition) is 1. The number of aryl methyl sites for hydroxylation is 1. The van der Waals surface area contributed by atoms with Crippen LogP contribution in [0.2, 0.25) is 0 Å². The highest BCUT2D eigenvalue weighted by Crippen LogP contribution is 2.32. The van der Waals surface area contributed by atoms with Gasteiger partial charge in [0, 0.05) is 6.61 Å². The number of benzene rings is 1. The lowest BCUT2D eigenvalue weighted by Crippen LogP contribution is -2.04. The summed E-state index contributed by atoms with van der Waals surface area (Å²) in [6, 6.07) is 8.99. The lowest BCUT2D eigenvalue weighted by atomic mass is 9.83. The summed E-state index contributed by atoms with van der Waals surface area (Å²) in [7, 11) is 0. The Hall–Kier alpha value is -0.820. The van der Waals surface area contributed by atoms with Crippen LogP contribution in [0.4, 0.5) is 0 Å². The SMILES string of the molecule is OCCCc1cccc(C2CCCCC2)c1. The van der Waals surface area contributed by atoms with Gasteiger partial charge in [0.1, 0.15) is 0 Å². The van der Waals surface area contributed by atoms with Gasteiger partial charge in [-0.05, 0) is 42.7 Å². The summed E-state index contributed by atoms with van der Waals surface area (Å²) in [5.41, 5.74) is 2.91. The second-order valence-corrected chi connectivity index (χ2v) is 4.91. The zero-order valence-electron chi connectivity index (χ0n) is 9.99. The van der Waals surface area contributed by atoms with Crippen molar-refractivity contribution in [3.05, 3.63) is 35.4 Å². The van der Waals surface area contributed by atoms with Crippen LogP contribution in [-0.4, -0.2) is 11.7 Å². The third-order valence-electron chi connectivity index (χ3n) is 3.65. The van der Waals surface area contributed by atoms with Gasteiger partial charge in [0.25, 0.3) is 0 Å². The highest BCUT2D eigenvalue weighted by Gasteiger charge is 2.15. The van der Waals surface area contributed by atoms with Crippen molar-refractivity contribution < 1.29 is 5.11 Å². The van der Waals surface area contributed by atoms with Crippen molar-refractivity contribution >= 4 is 0 Å². The normalized spacial score (nSPS) is 17.6. The van der Waals surface area contributed by atoms with Gasteiger partial charge >= 0.3 is 0 Å². The van der Waals surface area contributed by atoms with E-state index >= 15 is 0 Å². The maximum atomic E-state index is 8.85. The average molecular weight is 218 g/mol. The predicted octanol–water partition coefficient (Wildman–Crippen LogP) is 3.66. The highest BCUT2D eigenvalue weighted by atomic mass is 16.2. The Kier molecular flexibility index (Phi) is 4.41. The molecule has 0 radical (unpaired) electrons. The third kappa shape index (κ3) is 3.08. The summed E-state index contributed by atoms with van der Waals surface area (Å²) in [5.74, 6) is 0.794. The molecule has 0 unspecified atom stereocenters. The second-order valence-electron chi connectivity index (χ2n) is 4.91. The smallest absolute Gasteiger partial charge is 0.0434 e. The minimum absolute atomic E-state index is 0.299. The van der Waals surface area contributed by atoms with E-state index in [2.05, 4.69) is 24.3 Å². The molecule has 1 nitrogen and oxygen atoms in total. The van der Waals surface area contributed by atoms with Crippen LogP contribution in [0.25, 0.3) is 0 Å². The lowest BCUT2D eigenvalue weighted by molar-refractivity contribution is 0.288. The van der Waals surface area contributed by atoms with Crippen molar-refractivity contribution in [3.8, 4) is 0 Å². The first kappa shape index (κ1) is 11.7. The van der Waals surface area contributed by atoms with E-state index in [1.807, 2.05) is 0 Å². The Morgan fingerprint density at radius 3 is 2.69 bits per heavy atom. The summed E-state index contributed by atoms with van der Waals surface area (Å²) in [4.78, 5) is 0. The molecule has 2 rings (SSSR count). The zero-order chi connectivity index (χ0) is 11.2. The molecule has 1 aromatic rings. The van der Waals surface area contributed by atoms with E-state index in [4.69, 9.17) is 5.11 Å². The molecule has 0 spiro atoms. The molecule has 0 heterocycles. The molecule has 1 aliphatic carbocycles. The van der Waals surface area contributed by atoms with Crippen LogP contribution in [0, 0.1) is 0 Å². The standard InChI is InChI=1S/C15H22O/c16-11-5-7-13-6-4-10-15(12-13)14-8-2-1-3-9-14/h4,6,10,12,14,16H,1-3,5,7-9,11H2. The quantitative estimate of drug-likeness (QED) is 0.817. The van der Waals surface area contributed by atoms with Gasteiger partial charge in [-0.3, -0.25) is 0 Å². The molecule has 0 saturated heterocycles. The zero-order valence-corrected chi connectivity index (χ0v) is 9.99. The molecule has 1 aromatic carbocycles. The van der Waals surface area contributed by atoms with Crippen molar-refractivity contribution in [2.45, 2.75) is 50.9 Å². The summed E-state index contributed by atoms with van der Waals surface area (Å²) in [5, 5.41) is 8.85. The summed E-state index contributed by atoms with van der Waals surface area (Å²) in [6.07, 6.45) is 8.83. The van der Waals surface area contributed by atoms with Crippen LogP contribution >= 0.6 is 0 Å². The van der Waals surface area contributed by atoms with Crippen LogP contribution in [0.5, 0.6) is 0 Å². The minimum atomic E-state index is 0.299. The van der Waals surface area contributed by atoms with Gasteiger partial charge in [0.15, 0.2) is 0 Å². The fourth-order valence-corrected chi connectivity index (χ4v) is 2.72. The van der Waals surface area contributed by atoms with E-state index in [9.17, 15) is 0 Å². The Labute approximate surface area is 98.5 Å². The number of aliphatic hydroxyl groups is 1. The van der Waals surface area contributed by atoms with Crippen LogP contribution < -0.4 is 0 Å². The van der Waals surface area contributed by atoms with Crippen molar-refractivity contribution in [2.24, 2.45) is 0 Å². The number of hydrogen-bond donors (Lipinski definition) is 1. The molecule has 0 bridgehead atoms. The van der Waals surface area contributed by atoms with E-state index in [0.29, 0.717) is 6.61 Å². The Balaban J connectivity index is 2.02. The van der Waals surface area contributed by atoms with Crippen molar-refractivity contribution in [3.63, 3.8) is 0 Å². The van der Waals surface area contributed by atoms with Gasteiger partial charge in [-0.25, -0.2) is 0 Å². The maximum absolute atomic E-state index is 8.85. The van der Waals surface area contributed by atoms with Crippen molar-refractivity contribution in [1.82, 2.24) is 0 Å². The topological polar surface area (TPSA) is 20.2 Å². The van der Waals surface area contributed by atoms with Crippen molar-refractivity contribution in [1.29, 1.82) is 0 Å². The Morgan fingerprint density at radius 2 is 1.94 bits per heavy atom. The van der Waals surface area contributed by atoms with Crippen LogP contribution in [-0.2, 0) is 6.42 Å². The van der Waals surface area contributed by atoms with Crippen molar-refractivity contribution in [2.75, 3.05) is 6.61 Å².